The number of carbonyl (C=O) groups is 2. The Labute approximate surface area is 174 Å². The minimum Gasteiger partial charge on any atom is -0.394 e. The Hall–Kier alpha value is -2.50. The largest absolute Gasteiger partial charge is 0.394 e. The van der Waals surface area contributed by atoms with Crippen LogP contribution in [0, 0.1) is 0 Å². The topological polar surface area (TPSA) is 136 Å². The predicted molar refractivity (Wildman–Crippen MR) is 111 cm³/mol. The third-order valence-corrected chi connectivity index (χ3v) is 6.93. The minimum atomic E-state index is -0.499. The molecule has 4 rings (SSSR count). The van der Waals surface area contributed by atoms with Crippen LogP contribution in [0.2, 0.25) is 0 Å². The Morgan fingerprint density at radius 2 is 2.14 bits per heavy atom. The summed E-state index contributed by atoms with van der Waals surface area (Å²) in [6.45, 7) is 0.294. The van der Waals surface area contributed by atoms with E-state index in [4.69, 9.17) is 10.8 Å². The lowest BCUT2D eigenvalue weighted by atomic mass is 9.95. The van der Waals surface area contributed by atoms with Gasteiger partial charge in [0.15, 0.2) is 5.65 Å². The fourth-order valence-corrected chi connectivity index (χ4v) is 5.53. The lowest BCUT2D eigenvalue weighted by molar-refractivity contribution is -0.113. The molecule has 1 aliphatic carbocycles. The fraction of sp³-hybridized carbons (Fsp3) is 0.389. The van der Waals surface area contributed by atoms with Gasteiger partial charge in [-0.15, -0.1) is 11.3 Å². The van der Waals surface area contributed by atoms with Crippen LogP contribution in [0.25, 0.3) is 11.0 Å². The van der Waals surface area contributed by atoms with Crippen LogP contribution in [0.15, 0.2) is 17.6 Å². The standard InChI is InChI=1S/C18H20N6O3S2/c19-15(27)14-10-3-1-2-4-12(10)29-18(14)23-13(26)8-28-17-11-7-22-24(5-6-25)16(11)20-9-21-17/h7,9,25H,1-6,8H2,(H2,19,27)(H,23,26). The summed E-state index contributed by atoms with van der Waals surface area (Å²) in [6, 6.07) is 0. The van der Waals surface area contributed by atoms with Gasteiger partial charge in [0.1, 0.15) is 16.4 Å². The molecular formula is C18H20N6O3S2. The summed E-state index contributed by atoms with van der Waals surface area (Å²) >= 11 is 2.71. The van der Waals surface area contributed by atoms with Crippen molar-refractivity contribution in [3.8, 4) is 0 Å². The van der Waals surface area contributed by atoms with E-state index >= 15 is 0 Å². The van der Waals surface area contributed by atoms with Crippen molar-refractivity contribution in [1.82, 2.24) is 19.7 Å². The van der Waals surface area contributed by atoms with Crippen molar-refractivity contribution in [2.75, 3.05) is 17.7 Å². The number of nitrogens with zero attached hydrogens (tertiary/aromatic N) is 4. The van der Waals surface area contributed by atoms with E-state index in [1.54, 1.807) is 10.9 Å². The molecule has 0 fully saturated rings. The molecule has 3 aromatic heterocycles. The smallest absolute Gasteiger partial charge is 0.251 e. The highest BCUT2D eigenvalue weighted by atomic mass is 32.2. The second-order valence-corrected chi connectivity index (χ2v) is 8.69. The zero-order chi connectivity index (χ0) is 20.4. The Balaban J connectivity index is 1.48. The molecule has 2 amide bonds. The normalized spacial score (nSPS) is 13.4. The number of aliphatic hydroxyl groups excluding tert-OH is 1. The first-order chi connectivity index (χ1) is 14.1. The summed E-state index contributed by atoms with van der Waals surface area (Å²) in [4.78, 5) is 34.1. The molecule has 1 aliphatic rings. The minimum absolute atomic E-state index is 0.0430. The second-order valence-electron chi connectivity index (χ2n) is 6.62. The number of thiophene rings is 1. The summed E-state index contributed by atoms with van der Waals surface area (Å²) in [5.74, 6) is -0.607. The van der Waals surface area contributed by atoms with Crippen molar-refractivity contribution >= 4 is 50.9 Å². The van der Waals surface area contributed by atoms with Gasteiger partial charge in [-0.2, -0.15) is 5.10 Å². The van der Waals surface area contributed by atoms with E-state index in [1.807, 2.05) is 0 Å². The van der Waals surface area contributed by atoms with Crippen LogP contribution < -0.4 is 11.1 Å². The number of nitrogens with two attached hydrogens (primary N) is 1. The number of rotatable bonds is 7. The van der Waals surface area contributed by atoms with Gasteiger partial charge in [0.05, 0.1) is 36.1 Å². The first-order valence-electron chi connectivity index (χ1n) is 9.23. The monoisotopic (exact) mass is 432 g/mol. The Morgan fingerprint density at radius 1 is 1.31 bits per heavy atom. The van der Waals surface area contributed by atoms with E-state index in [9.17, 15) is 9.59 Å². The molecule has 3 aromatic rings. The first kappa shape index (κ1) is 19.8. The van der Waals surface area contributed by atoms with Crippen LogP contribution in [-0.4, -0.2) is 49.0 Å². The Kier molecular flexibility index (Phi) is 5.79. The van der Waals surface area contributed by atoms with Gasteiger partial charge in [-0.1, -0.05) is 11.8 Å². The summed E-state index contributed by atoms with van der Waals surface area (Å²) in [5.41, 5.74) is 7.64. The number of aryl methyl sites for hydroxylation is 1. The summed E-state index contributed by atoms with van der Waals surface area (Å²) in [5, 5.41) is 18.1. The van der Waals surface area contributed by atoms with E-state index < -0.39 is 5.91 Å². The van der Waals surface area contributed by atoms with Gasteiger partial charge >= 0.3 is 0 Å². The molecule has 0 bridgehead atoms. The number of hydrogen-bond acceptors (Lipinski definition) is 8. The van der Waals surface area contributed by atoms with Crippen molar-refractivity contribution in [1.29, 1.82) is 0 Å². The predicted octanol–water partition coefficient (Wildman–Crippen LogP) is 1.59. The van der Waals surface area contributed by atoms with Crippen LogP contribution in [0.3, 0.4) is 0 Å². The van der Waals surface area contributed by atoms with Crippen molar-refractivity contribution in [3.63, 3.8) is 0 Å². The van der Waals surface area contributed by atoms with Gasteiger partial charge in [-0.05, 0) is 31.2 Å². The van der Waals surface area contributed by atoms with E-state index in [-0.39, 0.29) is 18.3 Å². The first-order valence-corrected chi connectivity index (χ1v) is 11.0. The highest BCUT2D eigenvalue weighted by Crippen LogP contribution is 2.38. The maximum Gasteiger partial charge on any atom is 0.251 e. The number of primary amides is 1. The highest BCUT2D eigenvalue weighted by Gasteiger charge is 2.25. The lowest BCUT2D eigenvalue weighted by Gasteiger charge is -2.11. The summed E-state index contributed by atoms with van der Waals surface area (Å²) in [7, 11) is 0. The number of anilines is 1. The van der Waals surface area contributed by atoms with Crippen molar-refractivity contribution in [3.05, 3.63) is 28.5 Å². The number of fused-ring (bicyclic) bond motifs is 2. The summed E-state index contributed by atoms with van der Waals surface area (Å²) in [6.07, 6.45) is 6.90. The molecule has 29 heavy (non-hydrogen) atoms. The molecule has 11 heteroatoms. The van der Waals surface area contributed by atoms with Gasteiger partial charge in [0, 0.05) is 4.88 Å². The number of nitrogens with one attached hydrogen (secondary N) is 1. The van der Waals surface area contributed by atoms with Gasteiger partial charge in [0.2, 0.25) is 5.91 Å². The molecular weight excluding hydrogens is 412 g/mol. The van der Waals surface area contributed by atoms with Gasteiger partial charge in [0.25, 0.3) is 5.91 Å². The molecule has 9 nitrogen and oxygen atoms in total. The van der Waals surface area contributed by atoms with Gasteiger partial charge < -0.3 is 16.2 Å². The zero-order valence-electron chi connectivity index (χ0n) is 15.6. The van der Waals surface area contributed by atoms with Crippen LogP contribution in [0.1, 0.15) is 33.6 Å². The van der Waals surface area contributed by atoms with E-state index in [0.29, 0.717) is 27.8 Å². The number of carbonyl (C=O) groups excluding carboxylic acids is 2. The average molecular weight is 433 g/mol. The molecule has 0 saturated heterocycles. The zero-order valence-corrected chi connectivity index (χ0v) is 17.2. The maximum absolute atomic E-state index is 12.5. The molecule has 0 saturated carbocycles. The third-order valence-electron chi connectivity index (χ3n) is 4.72. The molecule has 0 aromatic carbocycles. The number of amides is 2. The number of aliphatic hydroxyl groups is 1. The van der Waals surface area contributed by atoms with Crippen LogP contribution >= 0.6 is 23.1 Å². The van der Waals surface area contributed by atoms with Gasteiger partial charge in [-0.25, -0.2) is 14.6 Å². The van der Waals surface area contributed by atoms with E-state index in [2.05, 4.69) is 20.4 Å². The molecule has 0 radical (unpaired) electrons. The quantitative estimate of drug-likeness (QED) is 0.381. The number of thioether (sulfide) groups is 1. The fourth-order valence-electron chi connectivity index (χ4n) is 3.46. The Morgan fingerprint density at radius 3 is 2.93 bits per heavy atom. The molecule has 4 N–H and O–H groups in total. The molecule has 152 valence electrons. The van der Waals surface area contributed by atoms with E-state index in [1.165, 1.54) is 29.4 Å². The summed E-state index contributed by atoms with van der Waals surface area (Å²) < 4.78 is 1.59. The van der Waals surface area contributed by atoms with Crippen LogP contribution in [-0.2, 0) is 24.2 Å². The van der Waals surface area contributed by atoms with E-state index in [0.717, 1.165) is 41.5 Å². The number of aromatic nitrogens is 4. The average Bonchev–Trinajstić information content (AvgIpc) is 3.28. The molecule has 3 heterocycles. The van der Waals surface area contributed by atoms with Gasteiger partial charge in [-0.3, -0.25) is 9.59 Å². The number of hydrogen-bond donors (Lipinski definition) is 3. The maximum atomic E-state index is 12.5. The molecule has 0 aliphatic heterocycles. The molecule has 0 atom stereocenters. The molecule has 0 spiro atoms. The Bertz CT molecular complexity index is 1080. The van der Waals surface area contributed by atoms with Crippen molar-refractivity contribution in [2.24, 2.45) is 5.73 Å². The molecule has 0 unspecified atom stereocenters. The van der Waals surface area contributed by atoms with Crippen molar-refractivity contribution in [2.45, 2.75) is 37.3 Å². The second kappa shape index (κ2) is 8.47. The van der Waals surface area contributed by atoms with Crippen LogP contribution in [0.5, 0.6) is 0 Å². The van der Waals surface area contributed by atoms with Crippen LogP contribution in [0.4, 0.5) is 5.00 Å². The lowest BCUT2D eigenvalue weighted by Crippen LogP contribution is -2.19. The van der Waals surface area contributed by atoms with Crippen molar-refractivity contribution < 1.29 is 14.7 Å². The third kappa shape index (κ3) is 3.98. The SMILES string of the molecule is NC(=O)c1c(NC(=O)CSc2ncnc3c2cnn3CCO)sc2c1CCCC2. The highest BCUT2D eigenvalue weighted by molar-refractivity contribution is 8.00.